The largest absolute Gasteiger partial charge is 0.495 e. The lowest BCUT2D eigenvalue weighted by Gasteiger charge is -2.11. The Morgan fingerprint density at radius 2 is 2.11 bits per heavy atom. The highest BCUT2D eigenvalue weighted by molar-refractivity contribution is 9.11. The summed E-state index contributed by atoms with van der Waals surface area (Å²) in [5.74, 6) is 1.87. The predicted octanol–water partition coefficient (Wildman–Crippen LogP) is 3.61. The van der Waals surface area contributed by atoms with Crippen molar-refractivity contribution >= 4 is 37.5 Å². The number of aromatic nitrogens is 2. The lowest BCUT2D eigenvalue weighted by atomic mass is 10.3. The van der Waals surface area contributed by atoms with Gasteiger partial charge in [-0.2, -0.15) is 0 Å². The van der Waals surface area contributed by atoms with Gasteiger partial charge >= 0.3 is 0 Å². The molecule has 1 aromatic carbocycles. The number of nitrogens with one attached hydrogen (secondary N) is 1. The number of hydrogen-bond donors (Lipinski definition) is 1. The van der Waals surface area contributed by atoms with Gasteiger partial charge in [-0.3, -0.25) is 0 Å². The van der Waals surface area contributed by atoms with Crippen molar-refractivity contribution in [1.82, 2.24) is 9.55 Å². The van der Waals surface area contributed by atoms with E-state index in [2.05, 4.69) is 42.2 Å². The number of halogens is 2. The molecule has 0 aliphatic heterocycles. The maximum Gasteiger partial charge on any atom is 0.135 e. The fourth-order valence-corrected chi connectivity index (χ4v) is 3.06. The molecule has 0 spiro atoms. The summed E-state index contributed by atoms with van der Waals surface area (Å²) in [5.41, 5.74) is 1.01. The molecule has 102 valence electrons. The summed E-state index contributed by atoms with van der Waals surface area (Å²) in [5, 5.41) is 3.38. The topological polar surface area (TPSA) is 39.1 Å². The number of anilines is 1. The van der Waals surface area contributed by atoms with Gasteiger partial charge in [0.1, 0.15) is 11.6 Å². The number of ether oxygens (including phenoxy) is 1. The second kappa shape index (κ2) is 6.43. The molecular formula is C13H15Br2N3O. The molecule has 0 unspecified atom stereocenters. The smallest absolute Gasteiger partial charge is 0.135 e. The summed E-state index contributed by atoms with van der Waals surface area (Å²) in [6.07, 6.45) is 4.64. The average Bonchev–Trinajstić information content (AvgIpc) is 2.78. The van der Waals surface area contributed by atoms with E-state index < -0.39 is 0 Å². The molecule has 2 aromatic rings. The number of hydrogen-bond acceptors (Lipinski definition) is 3. The third-order valence-electron chi connectivity index (χ3n) is 2.83. The van der Waals surface area contributed by atoms with E-state index in [0.29, 0.717) is 0 Å². The Bertz CT molecular complexity index is 569. The van der Waals surface area contributed by atoms with Crippen LogP contribution in [0.3, 0.4) is 0 Å². The van der Waals surface area contributed by atoms with Gasteiger partial charge in [0.25, 0.3) is 0 Å². The first-order valence-corrected chi connectivity index (χ1v) is 7.43. The van der Waals surface area contributed by atoms with Gasteiger partial charge in [-0.1, -0.05) is 0 Å². The van der Waals surface area contributed by atoms with E-state index in [4.69, 9.17) is 4.74 Å². The van der Waals surface area contributed by atoms with Gasteiger partial charge in [0.15, 0.2) is 0 Å². The molecule has 4 nitrogen and oxygen atoms in total. The van der Waals surface area contributed by atoms with Crippen molar-refractivity contribution in [3.63, 3.8) is 0 Å². The first-order valence-electron chi connectivity index (χ1n) is 5.85. The fourth-order valence-electron chi connectivity index (χ4n) is 1.77. The molecule has 0 amide bonds. The van der Waals surface area contributed by atoms with Crippen molar-refractivity contribution in [2.24, 2.45) is 7.05 Å². The second-order valence-corrected chi connectivity index (χ2v) is 5.81. The Labute approximate surface area is 129 Å². The van der Waals surface area contributed by atoms with Crippen LogP contribution in [0.4, 0.5) is 5.69 Å². The molecule has 0 aliphatic rings. The van der Waals surface area contributed by atoms with E-state index in [9.17, 15) is 0 Å². The van der Waals surface area contributed by atoms with Gasteiger partial charge < -0.3 is 14.6 Å². The number of aryl methyl sites for hydroxylation is 1. The maximum absolute atomic E-state index is 5.29. The average molecular weight is 389 g/mol. The quantitative estimate of drug-likeness (QED) is 0.850. The van der Waals surface area contributed by atoms with Gasteiger partial charge in [0, 0.05) is 42.9 Å². The lowest BCUT2D eigenvalue weighted by Crippen LogP contribution is -2.09. The molecule has 1 aromatic heterocycles. The second-order valence-electron chi connectivity index (χ2n) is 4.10. The van der Waals surface area contributed by atoms with Crippen LogP contribution in [-0.4, -0.2) is 23.2 Å². The summed E-state index contributed by atoms with van der Waals surface area (Å²) in [7, 11) is 3.66. The molecule has 0 bridgehead atoms. The van der Waals surface area contributed by atoms with Crippen LogP contribution in [-0.2, 0) is 13.5 Å². The van der Waals surface area contributed by atoms with Crippen molar-refractivity contribution in [2.75, 3.05) is 19.0 Å². The van der Waals surface area contributed by atoms with Crippen LogP contribution in [0.25, 0.3) is 0 Å². The molecule has 0 fully saturated rings. The molecule has 6 heteroatoms. The summed E-state index contributed by atoms with van der Waals surface area (Å²) in [4.78, 5) is 4.30. The molecule has 19 heavy (non-hydrogen) atoms. The van der Waals surface area contributed by atoms with E-state index in [1.165, 1.54) is 0 Å². The Hall–Kier alpha value is -1.01. The van der Waals surface area contributed by atoms with Crippen LogP contribution in [0.5, 0.6) is 5.75 Å². The third kappa shape index (κ3) is 3.51. The van der Waals surface area contributed by atoms with Crippen molar-refractivity contribution in [3.8, 4) is 5.75 Å². The summed E-state index contributed by atoms with van der Waals surface area (Å²) in [6, 6.07) is 3.94. The Balaban J connectivity index is 2.01. The Morgan fingerprint density at radius 3 is 2.74 bits per heavy atom. The van der Waals surface area contributed by atoms with Crippen molar-refractivity contribution < 1.29 is 4.74 Å². The zero-order chi connectivity index (χ0) is 13.8. The van der Waals surface area contributed by atoms with Crippen LogP contribution >= 0.6 is 31.9 Å². The molecule has 0 saturated carbocycles. The first kappa shape index (κ1) is 14.4. The van der Waals surface area contributed by atoms with Crippen molar-refractivity contribution in [1.29, 1.82) is 0 Å². The van der Waals surface area contributed by atoms with E-state index in [1.54, 1.807) is 7.11 Å². The lowest BCUT2D eigenvalue weighted by molar-refractivity contribution is 0.412. The highest BCUT2D eigenvalue weighted by Crippen LogP contribution is 2.34. The normalized spacial score (nSPS) is 10.5. The minimum Gasteiger partial charge on any atom is -0.495 e. The highest BCUT2D eigenvalue weighted by Gasteiger charge is 2.07. The standard InChI is InChI=1S/C13H15Br2N3O/c1-18-6-5-17-13(18)3-4-16-11-8-12(19-2)10(15)7-9(11)14/h5-8,16H,3-4H2,1-2H3. The monoisotopic (exact) mass is 387 g/mol. The molecule has 0 saturated heterocycles. The van der Waals surface area contributed by atoms with Gasteiger partial charge in [-0.15, -0.1) is 0 Å². The van der Waals surface area contributed by atoms with Gasteiger partial charge in [0.2, 0.25) is 0 Å². The number of rotatable bonds is 5. The molecule has 0 radical (unpaired) electrons. The first-order chi connectivity index (χ1) is 9.11. The third-order valence-corrected chi connectivity index (χ3v) is 4.10. The predicted molar refractivity (Wildman–Crippen MR) is 83.8 cm³/mol. The van der Waals surface area contributed by atoms with Gasteiger partial charge in [-0.25, -0.2) is 4.98 Å². The molecule has 0 atom stereocenters. The van der Waals surface area contributed by atoms with E-state index in [1.807, 2.05) is 36.1 Å². The fraction of sp³-hybridized carbons (Fsp3) is 0.308. The number of imidazole rings is 1. The van der Waals surface area contributed by atoms with E-state index >= 15 is 0 Å². The van der Waals surface area contributed by atoms with Gasteiger partial charge in [-0.05, 0) is 37.9 Å². The molecule has 0 aliphatic carbocycles. The van der Waals surface area contributed by atoms with Crippen LogP contribution in [0.1, 0.15) is 5.82 Å². The highest BCUT2D eigenvalue weighted by atomic mass is 79.9. The minimum absolute atomic E-state index is 0.808. The number of nitrogens with zero attached hydrogens (tertiary/aromatic N) is 2. The number of methoxy groups -OCH3 is 1. The minimum atomic E-state index is 0.808. The van der Waals surface area contributed by atoms with Crippen molar-refractivity contribution in [2.45, 2.75) is 6.42 Å². The molecule has 1 heterocycles. The molecule has 1 N–H and O–H groups in total. The van der Waals surface area contributed by atoms with E-state index in [-0.39, 0.29) is 0 Å². The zero-order valence-electron chi connectivity index (χ0n) is 10.8. The molecular weight excluding hydrogens is 374 g/mol. The van der Waals surface area contributed by atoms with Crippen molar-refractivity contribution in [3.05, 3.63) is 39.3 Å². The van der Waals surface area contributed by atoms with Crippen LogP contribution in [0.2, 0.25) is 0 Å². The van der Waals surface area contributed by atoms with Crippen LogP contribution < -0.4 is 10.1 Å². The summed E-state index contributed by atoms with van der Waals surface area (Å²) >= 11 is 6.99. The Morgan fingerprint density at radius 1 is 1.32 bits per heavy atom. The van der Waals surface area contributed by atoms with Crippen LogP contribution in [0.15, 0.2) is 33.5 Å². The summed E-state index contributed by atoms with van der Waals surface area (Å²) < 4.78 is 9.24. The molecule has 2 rings (SSSR count). The Kier molecular flexibility index (Phi) is 4.87. The SMILES string of the molecule is COc1cc(NCCc2nccn2C)c(Br)cc1Br. The van der Waals surface area contributed by atoms with E-state index in [0.717, 1.165) is 39.2 Å². The zero-order valence-corrected chi connectivity index (χ0v) is 14.0. The summed E-state index contributed by atoms with van der Waals surface area (Å²) in [6.45, 7) is 0.814. The maximum atomic E-state index is 5.29. The van der Waals surface area contributed by atoms with Crippen LogP contribution in [0, 0.1) is 0 Å². The van der Waals surface area contributed by atoms with Gasteiger partial charge in [0.05, 0.1) is 17.3 Å². The number of benzene rings is 1.